The van der Waals surface area contributed by atoms with Crippen LogP contribution in [0.15, 0.2) is 23.1 Å². The molecule has 3 N–H and O–H groups in total. The Kier molecular flexibility index (Phi) is 3.46. The van der Waals surface area contributed by atoms with Crippen molar-refractivity contribution in [3.8, 4) is 0 Å². The molecule has 0 aromatic heterocycles. The maximum Gasteiger partial charge on any atom is 0.159 e. The van der Waals surface area contributed by atoms with Crippen LogP contribution in [-0.2, 0) is 0 Å². The molecule has 0 spiro atoms. The van der Waals surface area contributed by atoms with E-state index in [2.05, 4.69) is 0 Å². The van der Waals surface area contributed by atoms with Crippen molar-refractivity contribution in [3.63, 3.8) is 0 Å². The molecule has 1 rings (SSSR count). The van der Waals surface area contributed by atoms with Gasteiger partial charge in [0.1, 0.15) is 5.84 Å². The number of hydrogen-bond acceptors (Lipinski definition) is 2. The van der Waals surface area contributed by atoms with Crippen molar-refractivity contribution >= 4 is 17.6 Å². The van der Waals surface area contributed by atoms with Crippen LogP contribution in [0.3, 0.4) is 0 Å². The van der Waals surface area contributed by atoms with Crippen molar-refractivity contribution in [1.82, 2.24) is 0 Å². The quantitative estimate of drug-likeness (QED) is 0.463. The van der Waals surface area contributed by atoms with Crippen LogP contribution in [0.1, 0.15) is 6.92 Å². The fourth-order valence-electron chi connectivity index (χ4n) is 0.818. The normalized spacial score (nSPS) is 12.5. The maximum atomic E-state index is 12.8. The van der Waals surface area contributed by atoms with Crippen LogP contribution in [0.2, 0.25) is 0 Å². The predicted molar refractivity (Wildman–Crippen MR) is 53.6 cm³/mol. The van der Waals surface area contributed by atoms with Gasteiger partial charge < -0.3 is 5.73 Å². The second kappa shape index (κ2) is 4.41. The van der Waals surface area contributed by atoms with E-state index in [1.54, 1.807) is 6.92 Å². The van der Waals surface area contributed by atoms with Gasteiger partial charge in [0, 0.05) is 4.90 Å². The molecule has 0 amide bonds. The van der Waals surface area contributed by atoms with E-state index in [4.69, 9.17) is 11.1 Å². The highest BCUT2D eigenvalue weighted by atomic mass is 32.2. The number of benzene rings is 1. The highest BCUT2D eigenvalue weighted by molar-refractivity contribution is 8.00. The molecule has 0 radical (unpaired) electrons. The van der Waals surface area contributed by atoms with Crippen LogP contribution in [-0.4, -0.2) is 11.1 Å². The van der Waals surface area contributed by atoms with E-state index >= 15 is 0 Å². The van der Waals surface area contributed by atoms with Crippen LogP contribution in [0.5, 0.6) is 0 Å². The summed E-state index contributed by atoms with van der Waals surface area (Å²) >= 11 is 1.22. The van der Waals surface area contributed by atoms with Gasteiger partial charge in [-0.2, -0.15) is 0 Å². The SMILES string of the molecule is CC(Sc1ccc(F)c(F)c1)C(=N)N. The monoisotopic (exact) mass is 216 g/mol. The molecule has 0 aliphatic rings. The summed E-state index contributed by atoms with van der Waals surface area (Å²) in [6.07, 6.45) is 0. The third kappa shape index (κ3) is 2.70. The van der Waals surface area contributed by atoms with E-state index in [1.165, 1.54) is 17.8 Å². The molecule has 0 saturated carbocycles. The molecule has 5 heteroatoms. The molecule has 0 aliphatic heterocycles. The van der Waals surface area contributed by atoms with Crippen LogP contribution in [0, 0.1) is 17.0 Å². The van der Waals surface area contributed by atoms with Gasteiger partial charge in [0.25, 0.3) is 0 Å². The summed E-state index contributed by atoms with van der Waals surface area (Å²) in [4.78, 5) is 0.562. The first-order valence-electron chi connectivity index (χ1n) is 3.96. The minimum absolute atomic E-state index is 0.0136. The lowest BCUT2D eigenvalue weighted by atomic mass is 10.3. The smallest absolute Gasteiger partial charge is 0.159 e. The summed E-state index contributed by atoms with van der Waals surface area (Å²) in [7, 11) is 0. The van der Waals surface area contributed by atoms with Crippen molar-refractivity contribution in [3.05, 3.63) is 29.8 Å². The summed E-state index contributed by atoms with van der Waals surface area (Å²) in [6, 6.07) is 3.62. The van der Waals surface area contributed by atoms with Crippen molar-refractivity contribution in [1.29, 1.82) is 5.41 Å². The van der Waals surface area contributed by atoms with Crippen LogP contribution >= 0.6 is 11.8 Å². The Bertz CT molecular complexity index is 355. The average Bonchev–Trinajstić information content (AvgIpc) is 2.11. The van der Waals surface area contributed by atoms with Gasteiger partial charge in [0.15, 0.2) is 11.6 Å². The van der Waals surface area contributed by atoms with Crippen molar-refractivity contribution in [2.45, 2.75) is 17.1 Å². The van der Waals surface area contributed by atoms with E-state index in [0.717, 1.165) is 12.1 Å². The van der Waals surface area contributed by atoms with Gasteiger partial charge in [-0.05, 0) is 25.1 Å². The first kappa shape index (κ1) is 11.0. The first-order valence-corrected chi connectivity index (χ1v) is 4.84. The number of halogens is 2. The van der Waals surface area contributed by atoms with Gasteiger partial charge in [-0.3, -0.25) is 5.41 Å². The molecular weight excluding hydrogens is 206 g/mol. The lowest BCUT2D eigenvalue weighted by molar-refractivity contribution is 0.506. The number of rotatable bonds is 3. The minimum Gasteiger partial charge on any atom is -0.387 e. The zero-order chi connectivity index (χ0) is 10.7. The zero-order valence-electron chi connectivity index (χ0n) is 7.55. The number of nitrogens with one attached hydrogen (secondary N) is 1. The second-order valence-electron chi connectivity index (χ2n) is 2.79. The fraction of sp³-hybridized carbons (Fsp3) is 0.222. The largest absolute Gasteiger partial charge is 0.387 e. The van der Waals surface area contributed by atoms with Crippen molar-refractivity contribution in [2.75, 3.05) is 0 Å². The van der Waals surface area contributed by atoms with Crippen molar-refractivity contribution in [2.24, 2.45) is 5.73 Å². The molecule has 14 heavy (non-hydrogen) atoms. The number of hydrogen-bond donors (Lipinski definition) is 2. The van der Waals surface area contributed by atoms with Gasteiger partial charge in [0.05, 0.1) is 5.25 Å². The molecule has 1 aromatic rings. The van der Waals surface area contributed by atoms with E-state index in [1.807, 2.05) is 0 Å². The lowest BCUT2D eigenvalue weighted by Crippen LogP contribution is -2.21. The number of thioether (sulfide) groups is 1. The fourth-order valence-corrected chi connectivity index (χ4v) is 1.67. The van der Waals surface area contributed by atoms with Gasteiger partial charge in [-0.15, -0.1) is 11.8 Å². The molecule has 0 heterocycles. The summed E-state index contributed by atoms with van der Waals surface area (Å²) in [5.74, 6) is -1.74. The van der Waals surface area contributed by atoms with Crippen LogP contribution in [0.25, 0.3) is 0 Å². The standard InChI is InChI=1S/C9H10F2N2S/c1-5(9(12)13)14-6-2-3-7(10)8(11)4-6/h2-5H,1H3,(H3,12,13). The summed E-state index contributed by atoms with van der Waals surface area (Å²) in [6.45, 7) is 1.73. The average molecular weight is 216 g/mol. The van der Waals surface area contributed by atoms with Gasteiger partial charge in [-0.25, -0.2) is 8.78 Å². The molecule has 0 aliphatic carbocycles. The molecule has 0 fully saturated rings. The molecule has 1 aromatic carbocycles. The van der Waals surface area contributed by atoms with E-state index in [0.29, 0.717) is 4.90 Å². The minimum atomic E-state index is -0.884. The third-order valence-corrected chi connectivity index (χ3v) is 2.78. The Balaban J connectivity index is 2.78. The number of nitrogens with two attached hydrogens (primary N) is 1. The summed E-state index contributed by atoms with van der Waals surface area (Å²) in [5, 5.41) is 6.90. The topological polar surface area (TPSA) is 49.9 Å². The molecule has 1 atom stereocenters. The summed E-state index contributed by atoms with van der Waals surface area (Å²) < 4.78 is 25.3. The highest BCUT2D eigenvalue weighted by Crippen LogP contribution is 2.24. The predicted octanol–water partition coefficient (Wildman–Crippen LogP) is 2.38. The van der Waals surface area contributed by atoms with Gasteiger partial charge >= 0.3 is 0 Å². The van der Waals surface area contributed by atoms with E-state index < -0.39 is 11.6 Å². The van der Waals surface area contributed by atoms with E-state index in [-0.39, 0.29) is 11.1 Å². The molecular formula is C9H10F2N2S. The van der Waals surface area contributed by atoms with Gasteiger partial charge in [0.2, 0.25) is 0 Å². The maximum absolute atomic E-state index is 12.8. The summed E-state index contributed by atoms with van der Waals surface area (Å²) in [5.41, 5.74) is 5.25. The van der Waals surface area contributed by atoms with Crippen LogP contribution in [0.4, 0.5) is 8.78 Å². The number of amidine groups is 1. The molecule has 1 unspecified atom stereocenters. The zero-order valence-corrected chi connectivity index (χ0v) is 8.37. The molecule has 2 nitrogen and oxygen atoms in total. The Labute approximate surface area is 85.0 Å². The van der Waals surface area contributed by atoms with Gasteiger partial charge in [-0.1, -0.05) is 0 Å². The highest BCUT2D eigenvalue weighted by Gasteiger charge is 2.09. The van der Waals surface area contributed by atoms with Crippen molar-refractivity contribution < 1.29 is 8.78 Å². The Hall–Kier alpha value is -1.10. The Morgan fingerprint density at radius 3 is 2.57 bits per heavy atom. The second-order valence-corrected chi connectivity index (χ2v) is 4.21. The van der Waals surface area contributed by atoms with Crippen LogP contribution < -0.4 is 5.73 Å². The Morgan fingerprint density at radius 1 is 1.43 bits per heavy atom. The molecule has 0 bridgehead atoms. The first-order chi connectivity index (χ1) is 6.50. The third-order valence-electron chi connectivity index (χ3n) is 1.64. The lowest BCUT2D eigenvalue weighted by Gasteiger charge is -2.08. The van der Waals surface area contributed by atoms with E-state index in [9.17, 15) is 8.78 Å². The Morgan fingerprint density at radius 2 is 2.07 bits per heavy atom. The molecule has 76 valence electrons. The molecule has 0 saturated heterocycles.